The molecule has 0 radical (unpaired) electrons. The maximum absolute atomic E-state index is 11.7. The number of ether oxygens (including phenoxy) is 2. The van der Waals surface area contributed by atoms with Gasteiger partial charge in [-0.2, -0.15) is 0 Å². The van der Waals surface area contributed by atoms with Gasteiger partial charge in [-0.25, -0.2) is 4.79 Å². The molecule has 1 heterocycles. The van der Waals surface area contributed by atoms with Crippen LogP contribution in [0.25, 0.3) is 0 Å². The van der Waals surface area contributed by atoms with Crippen molar-refractivity contribution in [3.8, 4) is 0 Å². The molecule has 0 aromatic rings. The second-order valence-corrected chi connectivity index (χ2v) is 6.06. The number of nitrogens with one attached hydrogen (secondary N) is 1. The van der Waals surface area contributed by atoms with Gasteiger partial charge in [0, 0.05) is 6.04 Å². The zero-order valence-corrected chi connectivity index (χ0v) is 11.0. The summed E-state index contributed by atoms with van der Waals surface area (Å²) < 4.78 is 10.8. The summed E-state index contributed by atoms with van der Waals surface area (Å²) in [5, 5.41) is 2.97. The van der Waals surface area contributed by atoms with Crippen LogP contribution in [0.3, 0.4) is 0 Å². The van der Waals surface area contributed by atoms with Gasteiger partial charge < -0.3 is 14.8 Å². The van der Waals surface area contributed by atoms with Crippen LogP contribution in [0.4, 0.5) is 4.79 Å². The van der Waals surface area contributed by atoms with Crippen LogP contribution < -0.4 is 5.32 Å². The third kappa shape index (κ3) is 4.19. The molecule has 1 saturated carbocycles. The lowest BCUT2D eigenvalue weighted by molar-refractivity contribution is 0.0497. The van der Waals surface area contributed by atoms with Gasteiger partial charge in [-0.05, 0) is 52.9 Å². The number of rotatable bonds is 1. The predicted molar refractivity (Wildman–Crippen MR) is 64.9 cm³/mol. The van der Waals surface area contributed by atoms with Crippen molar-refractivity contribution >= 4 is 6.09 Å². The number of alkyl carbamates (subject to hydrolysis) is 1. The number of fused-ring (bicyclic) bond motifs is 1. The van der Waals surface area contributed by atoms with Crippen LogP contribution in [0, 0.1) is 0 Å². The molecule has 17 heavy (non-hydrogen) atoms. The van der Waals surface area contributed by atoms with Crippen molar-refractivity contribution in [2.75, 3.05) is 0 Å². The molecule has 1 N–H and O–H groups in total. The molecule has 3 atom stereocenters. The first-order valence-corrected chi connectivity index (χ1v) is 6.59. The van der Waals surface area contributed by atoms with Gasteiger partial charge in [0.1, 0.15) is 5.60 Å². The van der Waals surface area contributed by atoms with E-state index in [4.69, 9.17) is 9.47 Å². The topological polar surface area (TPSA) is 50.9 Å². The summed E-state index contributed by atoms with van der Waals surface area (Å²) >= 11 is 0. The van der Waals surface area contributed by atoms with E-state index in [1.807, 2.05) is 20.8 Å². The number of epoxide rings is 1. The summed E-state index contributed by atoms with van der Waals surface area (Å²) in [7, 11) is 0. The van der Waals surface area contributed by atoms with E-state index in [1.54, 1.807) is 0 Å². The molecule has 0 spiro atoms. The van der Waals surface area contributed by atoms with E-state index in [9.17, 15) is 4.79 Å². The number of hydrogen-bond acceptors (Lipinski definition) is 3. The van der Waals surface area contributed by atoms with Crippen LogP contribution in [0.5, 0.6) is 0 Å². The molecule has 1 saturated heterocycles. The van der Waals surface area contributed by atoms with Gasteiger partial charge in [0.2, 0.25) is 0 Å². The first kappa shape index (κ1) is 12.7. The Morgan fingerprint density at radius 1 is 1.18 bits per heavy atom. The smallest absolute Gasteiger partial charge is 0.407 e. The maximum Gasteiger partial charge on any atom is 0.407 e. The fourth-order valence-corrected chi connectivity index (χ4v) is 2.38. The second-order valence-electron chi connectivity index (χ2n) is 6.06. The summed E-state index contributed by atoms with van der Waals surface area (Å²) in [6, 6.07) is 0.245. The standard InChI is InChI=1S/C13H23NO3/c1-13(2,3)17-12(15)14-9-5-4-6-10-11(16-10)8-7-9/h9-11H,4-8H2,1-3H3,(H,14,15). The van der Waals surface area contributed by atoms with Gasteiger partial charge >= 0.3 is 6.09 Å². The number of amides is 1. The minimum Gasteiger partial charge on any atom is -0.444 e. The highest BCUT2D eigenvalue weighted by atomic mass is 16.6. The quantitative estimate of drug-likeness (QED) is 0.718. The zero-order chi connectivity index (χ0) is 12.5. The minimum absolute atomic E-state index is 0.245. The van der Waals surface area contributed by atoms with Gasteiger partial charge in [-0.1, -0.05) is 0 Å². The van der Waals surface area contributed by atoms with Crippen molar-refractivity contribution in [1.82, 2.24) is 5.32 Å². The summed E-state index contributed by atoms with van der Waals surface area (Å²) in [6.07, 6.45) is 6.03. The molecule has 2 rings (SSSR count). The van der Waals surface area contributed by atoms with Crippen molar-refractivity contribution < 1.29 is 14.3 Å². The van der Waals surface area contributed by atoms with Crippen LogP contribution >= 0.6 is 0 Å². The van der Waals surface area contributed by atoms with E-state index in [-0.39, 0.29) is 12.1 Å². The summed E-state index contributed by atoms with van der Waals surface area (Å²) in [6.45, 7) is 5.65. The Hall–Kier alpha value is -0.770. The monoisotopic (exact) mass is 241 g/mol. The highest BCUT2D eigenvalue weighted by Crippen LogP contribution is 2.34. The van der Waals surface area contributed by atoms with E-state index in [0.29, 0.717) is 12.2 Å². The molecule has 4 nitrogen and oxygen atoms in total. The van der Waals surface area contributed by atoms with Crippen molar-refractivity contribution in [1.29, 1.82) is 0 Å². The van der Waals surface area contributed by atoms with Crippen molar-refractivity contribution in [2.45, 2.75) is 76.7 Å². The maximum atomic E-state index is 11.7. The Labute approximate surface area is 103 Å². The molecule has 3 unspecified atom stereocenters. The molecule has 1 amide bonds. The summed E-state index contributed by atoms with van der Waals surface area (Å²) in [5.74, 6) is 0. The molecular weight excluding hydrogens is 218 g/mol. The van der Waals surface area contributed by atoms with Crippen LogP contribution in [0.15, 0.2) is 0 Å². The third-order valence-corrected chi connectivity index (χ3v) is 3.25. The lowest BCUT2D eigenvalue weighted by Gasteiger charge is -2.24. The van der Waals surface area contributed by atoms with Crippen LogP contribution in [-0.4, -0.2) is 29.9 Å². The Kier molecular flexibility index (Phi) is 3.61. The minimum atomic E-state index is -0.420. The van der Waals surface area contributed by atoms with Gasteiger partial charge in [0.25, 0.3) is 0 Å². The largest absolute Gasteiger partial charge is 0.444 e. The van der Waals surface area contributed by atoms with Crippen molar-refractivity contribution in [3.63, 3.8) is 0 Å². The van der Waals surface area contributed by atoms with Gasteiger partial charge in [0.05, 0.1) is 12.2 Å². The average Bonchev–Trinajstić information content (AvgIpc) is 2.85. The van der Waals surface area contributed by atoms with Crippen LogP contribution in [-0.2, 0) is 9.47 Å². The van der Waals surface area contributed by atoms with Gasteiger partial charge in [-0.3, -0.25) is 0 Å². The average molecular weight is 241 g/mol. The van der Waals surface area contributed by atoms with E-state index in [2.05, 4.69) is 5.32 Å². The van der Waals surface area contributed by atoms with Gasteiger partial charge in [-0.15, -0.1) is 0 Å². The first-order chi connectivity index (χ1) is 7.94. The van der Waals surface area contributed by atoms with E-state index >= 15 is 0 Å². The van der Waals surface area contributed by atoms with E-state index < -0.39 is 5.60 Å². The SMILES string of the molecule is CC(C)(C)OC(=O)NC1CCCC2OC2CC1. The van der Waals surface area contributed by atoms with E-state index in [0.717, 1.165) is 32.1 Å². The number of hydrogen-bond donors (Lipinski definition) is 1. The van der Waals surface area contributed by atoms with Crippen molar-refractivity contribution in [2.24, 2.45) is 0 Å². The molecule has 4 heteroatoms. The molecule has 0 aromatic carbocycles. The van der Waals surface area contributed by atoms with E-state index in [1.165, 1.54) is 0 Å². The molecular formula is C13H23NO3. The molecule has 1 aliphatic heterocycles. The highest BCUT2D eigenvalue weighted by molar-refractivity contribution is 5.68. The molecule has 0 aromatic heterocycles. The lowest BCUT2D eigenvalue weighted by atomic mass is 9.97. The molecule has 1 aliphatic carbocycles. The molecule has 98 valence electrons. The van der Waals surface area contributed by atoms with Crippen molar-refractivity contribution in [3.05, 3.63) is 0 Å². The Morgan fingerprint density at radius 3 is 2.59 bits per heavy atom. The fraction of sp³-hybridized carbons (Fsp3) is 0.923. The van der Waals surface area contributed by atoms with Crippen LogP contribution in [0.2, 0.25) is 0 Å². The normalized spacial score (nSPS) is 33.0. The summed E-state index contributed by atoms with van der Waals surface area (Å²) in [4.78, 5) is 11.7. The fourth-order valence-electron chi connectivity index (χ4n) is 2.38. The molecule has 2 aliphatic rings. The molecule has 0 bridgehead atoms. The van der Waals surface area contributed by atoms with Crippen LogP contribution in [0.1, 0.15) is 52.9 Å². The number of carbonyl (C=O) groups excluding carboxylic acids is 1. The second kappa shape index (κ2) is 4.84. The first-order valence-electron chi connectivity index (χ1n) is 6.59. The zero-order valence-electron chi connectivity index (χ0n) is 11.0. The summed E-state index contributed by atoms with van der Waals surface area (Å²) in [5.41, 5.74) is -0.420. The van der Waals surface area contributed by atoms with Gasteiger partial charge in [0.15, 0.2) is 0 Å². The predicted octanol–water partition coefficient (Wildman–Crippen LogP) is 2.61. The Bertz CT molecular complexity index is 285. The third-order valence-electron chi connectivity index (χ3n) is 3.25. The lowest BCUT2D eigenvalue weighted by Crippen LogP contribution is -2.39. The Balaban J connectivity index is 1.75. The highest BCUT2D eigenvalue weighted by Gasteiger charge is 2.39. The Morgan fingerprint density at radius 2 is 1.88 bits per heavy atom. The number of carbonyl (C=O) groups is 1. The molecule has 2 fully saturated rings.